The Morgan fingerprint density at radius 2 is 1.33 bits per heavy atom. The zero-order chi connectivity index (χ0) is 31.0. The number of hydrogen-bond acceptors (Lipinski definition) is 11. The molecule has 0 bridgehead atoms. The fourth-order valence-electron chi connectivity index (χ4n) is 4.33. The Labute approximate surface area is 249 Å². The number of epoxide rings is 1. The molecule has 1 fully saturated rings. The van der Waals surface area contributed by atoms with Gasteiger partial charge in [-0.2, -0.15) is 0 Å². The van der Waals surface area contributed by atoms with Crippen LogP contribution in [0.25, 0.3) is 0 Å². The highest BCUT2D eigenvalue weighted by molar-refractivity contribution is 5.78. The highest BCUT2D eigenvalue weighted by Gasteiger charge is 2.31. The van der Waals surface area contributed by atoms with E-state index in [-0.39, 0.29) is 86.9 Å². The lowest BCUT2D eigenvalue weighted by Crippen LogP contribution is -2.22. The summed E-state index contributed by atoms with van der Waals surface area (Å²) in [6, 6.07) is 0. The van der Waals surface area contributed by atoms with Crippen LogP contribution >= 0.6 is 0 Å². The van der Waals surface area contributed by atoms with Crippen LogP contribution in [0.5, 0.6) is 0 Å². The Hall–Kier alpha value is -2.79. The Kier molecular flexibility index (Phi) is 21.0. The average Bonchev–Trinajstić information content (AvgIpc) is 3.78. The third-order valence-corrected chi connectivity index (χ3v) is 6.77. The SMILES string of the molecule is C=CCC(CCCOC(=O)C(CCCOC(=O)CCCCC(=O)CCO)CC1CO1)C(=O)OCCCCC(=O)OCC. The van der Waals surface area contributed by atoms with Crippen LogP contribution in [0.3, 0.4) is 0 Å². The van der Waals surface area contributed by atoms with Crippen molar-refractivity contribution < 1.29 is 52.8 Å². The van der Waals surface area contributed by atoms with E-state index >= 15 is 0 Å². The molecular weight excluding hydrogens is 548 g/mol. The number of carbonyl (C=O) groups is 5. The first kappa shape index (κ1) is 37.2. The Morgan fingerprint density at radius 1 is 0.786 bits per heavy atom. The van der Waals surface area contributed by atoms with Gasteiger partial charge in [-0.25, -0.2) is 0 Å². The van der Waals surface area contributed by atoms with Crippen LogP contribution in [0.15, 0.2) is 12.7 Å². The van der Waals surface area contributed by atoms with Crippen LogP contribution < -0.4 is 0 Å². The van der Waals surface area contributed by atoms with Crippen molar-refractivity contribution in [3.8, 4) is 0 Å². The van der Waals surface area contributed by atoms with Crippen LogP contribution in [0.1, 0.15) is 96.8 Å². The summed E-state index contributed by atoms with van der Waals surface area (Å²) in [7, 11) is 0. The van der Waals surface area contributed by atoms with E-state index in [0.29, 0.717) is 90.3 Å². The third kappa shape index (κ3) is 19.4. The molecule has 11 nitrogen and oxygen atoms in total. The number of carbonyl (C=O) groups excluding carboxylic acids is 5. The number of esters is 4. The minimum absolute atomic E-state index is 0.0154. The van der Waals surface area contributed by atoms with E-state index in [9.17, 15) is 24.0 Å². The van der Waals surface area contributed by atoms with Crippen molar-refractivity contribution in [2.45, 2.75) is 103 Å². The summed E-state index contributed by atoms with van der Waals surface area (Å²) in [5.41, 5.74) is 0. The van der Waals surface area contributed by atoms with E-state index in [0.717, 1.165) is 0 Å². The van der Waals surface area contributed by atoms with E-state index < -0.39 is 0 Å². The molecule has 1 aliphatic heterocycles. The molecule has 1 rings (SSSR count). The normalized spacial score (nSPS) is 15.2. The van der Waals surface area contributed by atoms with Gasteiger partial charge in [-0.05, 0) is 71.1 Å². The van der Waals surface area contributed by atoms with Gasteiger partial charge in [0.1, 0.15) is 5.78 Å². The van der Waals surface area contributed by atoms with Crippen LogP contribution in [0, 0.1) is 11.8 Å². The lowest BCUT2D eigenvalue weighted by atomic mass is 9.98. The quantitative estimate of drug-likeness (QED) is 0.0479. The molecule has 1 saturated heterocycles. The molecule has 11 heteroatoms. The lowest BCUT2D eigenvalue weighted by Gasteiger charge is -2.17. The van der Waals surface area contributed by atoms with Gasteiger partial charge in [0.05, 0.1) is 51.0 Å². The molecule has 0 amide bonds. The van der Waals surface area contributed by atoms with Gasteiger partial charge in [0.15, 0.2) is 0 Å². The fourth-order valence-corrected chi connectivity index (χ4v) is 4.33. The fraction of sp³-hybridized carbons (Fsp3) is 0.774. The summed E-state index contributed by atoms with van der Waals surface area (Å²) in [6.07, 6.45) is 8.02. The molecule has 3 unspecified atom stereocenters. The number of allylic oxidation sites excluding steroid dienone is 1. The van der Waals surface area contributed by atoms with E-state index in [2.05, 4.69) is 6.58 Å². The largest absolute Gasteiger partial charge is 0.466 e. The molecule has 240 valence electrons. The van der Waals surface area contributed by atoms with Gasteiger partial charge in [0.2, 0.25) is 0 Å². The Bertz CT molecular complexity index is 822. The van der Waals surface area contributed by atoms with Gasteiger partial charge < -0.3 is 28.8 Å². The molecule has 0 saturated carbocycles. The van der Waals surface area contributed by atoms with E-state index in [1.807, 2.05) is 0 Å². The first-order valence-corrected chi connectivity index (χ1v) is 15.3. The predicted octanol–water partition coefficient (Wildman–Crippen LogP) is 4.02. The number of rotatable bonds is 27. The van der Waals surface area contributed by atoms with E-state index in [1.54, 1.807) is 13.0 Å². The summed E-state index contributed by atoms with van der Waals surface area (Å²) in [6.45, 7) is 6.88. The van der Waals surface area contributed by atoms with Gasteiger partial charge in [0.25, 0.3) is 0 Å². The maximum atomic E-state index is 12.7. The second kappa shape index (κ2) is 23.7. The molecule has 0 aromatic rings. The standard InChI is InChI=1S/C31H50O11/c1-3-11-24(30(36)40-19-8-7-16-28(34)38-4-2)12-9-21-41-31(37)25(22-27-23-42-27)13-10-20-39-29(35)15-6-5-14-26(33)17-18-32/h3,24-25,27,32H,1,4-23H2,2H3. The molecule has 0 radical (unpaired) electrons. The molecule has 0 aromatic carbocycles. The van der Waals surface area contributed by atoms with Crippen LogP contribution in [0.4, 0.5) is 0 Å². The topological polar surface area (TPSA) is 155 Å². The first-order chi connectivity index (χ1) is 20.3. The number of ketones is 1. The zero-order valence-corrected chi connectivity index (χ0v) is 25.2. The van der Waals surface area contributed by atoms with Crippen molar-refractivity contribution in [1.29, 1.82) is 0 Å². The van der Waals surface area contributed by atoms with Gasteiger partial charge >= 0.3 is 23.9 Å². The molecule has 1 heterocycles. The monoisotopic (exact) mass is 598 g/mol. The molecule has 1 N–H and O–H groups in total. The van der Waals surface area contributed by atoms with Crippen molar-refractivity contribution in [3.63, 3.8) is 0 Å². The summed E-state index contributed by atoms with van der Waals surface area (Å²) in [5.74, 6) is -2.00. The van der Waals surface area contributed by atoms with Crippen molar-refractivity contribution in [2.24, 2.45) is 11.8 Å². The number of unbranched alkanes of at least 4 members (excludes halogenated alkanes) is 2. The second-order valence-corrected chi connectivity index (χ2v) is 10.4. The number of aliphatic hydroxyl groups excluding tert-OH is 1. The van der Waals surface area contributed by atoms with Crippen molar-refractivity contribution >= 4 is 29.7 Å². The highest BCUT2D eigenvalue weighted by Crippen LogP contribution is 2.24. The van der Waals surface area contributed by atoms with Crippen LogP contribution in [-0.2, 0) is 47.7 Å². The van der Waals surface area contributed by atoms with Crippen molar-refractivity contribution in [3.05, 3.63) is 12.7 Å². The van der Waals surface area contributed by atoms with Gasteiger partial charge in [-0.1, -0.05) is 6.08 Å². The summed E-state index contributed by atoms with van der Waals surface area (Å²) < 4.78 is 26.3. The number of aliphatic hydroxyl groups is 1. The highest BCUT2D eigenvalue weighted by atomic mass is 16.6. The molecule has 0 spiro atoms. The predicted molar refractivity (Wildman–Crippen MR) is 153 cm³/mol. The van der Waals surface area contributed by atoms with E-state index in [1.165, 1.54) is 0 Å². The van der Waals surface area contributed by atoms with Crippen molar-refractivity contribution in [1.82, 2.24) is 0 Å². The van der Waals surface area contributed by atoms with Crippen LogP contribution in [0.2, 0.25) is 0 Å². The van der Waals surface area contributed by atoms with Gasteiger partial charge in [-0.3, -0.25) is 24.0 Å². The smallest absolute Gasteiger partial charge is 0.309 e. The average molecular weight is 599 g/mol. The van der Waals surface area contributed by atoms with E-state index in [4.69, 9.17) is 28.8 Å². The molecule has 1 aliphatic rings. The van der Waals surface area contributed by atoms with Gasteiger partial charge in [-0.15, -0.1) is 6.58 Å². The molecule has 3 atom stereocenters. The summed E-state index contributed by atoms with van der Waals surface area (Å²) in [4.78, 5) is 59.9. The summed E-state index contributed by atoms with van der Waals surface area (Å²) >= 11 is 0. The van der Waals surface area contributed by atoms with Crippen LogP contribution in [-0.4, -0.2) is 80.5 Å². The lowest BCUT2D eigenvalue weighted by molar-refractivity contribution is -0.150. The minimum atomic E-state index is -0.377. The molecule has 0 aliphatic carbocycles. The molecule has 42 heavy (non-hydrogen) atoms. The number of hydrogen-bond donors (Lipinski definition) is 1. The summed E-state index contributed by atoms with van der Waals surface area (Å²) in [5, 5.41) is 8.74. The zero-order valence-electron chi connectivity index (χ0n) is 25.2. The maximum Gasteiger partial charge on any atom is 0.309 e. The third-order valence-electron chi connectivity index (χ3n) is 6.77. The molecular formula is C31H50O11. The number of ether oxygens (including phenoxy) is 5. The Balaban J connectivity index is 2.27. The first-order valence-electron chi connectivity index (χ1n) is 15.3. The Morgan fingerprint density at radius 3 is 1.95 bits per heavy atom. The molecule has 0 aromatic heterocycles. The van der Waals surface area contributed by atoms with Crippen molar-refractivity contribution in [2.75, 3.05) is 39.6 Å². The maximum absolute atomic E-state index is 12.7. The second-order valence-electron chi connectivity index (χ2n) is 10.4. The minimum Gasteiger partial charge on any atom is -0.466 e. The van der Waals surface area contributed by atoms with Gasteiger partial charge in [0, 0.05) is 32.3 Å². The number of Topliss-reactive ketones (excluding diaryl/α,β-unsaturated/α-hetero) is 1.